The number of ketones is 2. The summed E-state index contributed by atoms with van der Waals surface area (Å²) in [5, 5.41) is 25.2. The van der Waals surface area contributed by atoms with E-state index in [-0.39, 0.29) is 11.6 Å². The SMILES string of the molecule is CCCCCC(=O)C(=O)NCCCC/C=C\CCCCCC/C(N)=N/O.CCCCCC(=O)C(=O)NCCCC/C=C\CCCCCCC#N. The maximum absolute atomic E-state index is 11.6. The number of nitriles is 1. The third-order valence-corrected chi connectivity index (χ3v) is 8.11. The number of Topliss-reactive ketones (excluding diaryl/α,β-unsaturated/α-hetero) is 2. The first kappa shape index (κ1) is 48.6. The zero-order chi connectivity index (χ0) is 37.3. The lowest BCUT2D eigenvalue weighted by Crippen LogP contribution is -2.31. The number of amides is 2. The third kappa shape index (κ3) is 37.3. The van der Waals surface area contributed by atoms with Gasteiger partial charge in [0.2, 0.25) is 11.6 Å². The summed E-state index contributed by atoms with van der Waals surface area (Å²) in [6.07, 6.45) is 33.6. The number of hydrogen-bond acceptors (Lipinski definition) is 7. The van der Waals surface area contributed by atoms with E-state index in [2.05, 4.69) is 60.0 Å². The molecule has 0 radical (unpaired) electrons. The number of hydrogen-bond donors (Lipinski definition) is 4. The molecule has 5 N–H and O–H groups in total. The first-order valence-electron chi connectivity index (χ1n) is 19.6. The number of allylic oxidation sites excluding steroid dienone is 4. The van der Waals surface area contributed by atoms with E-state index < -0.39 is 11.8 Å². The normalized spacial score (nSPS) is 11.3. The van der Waals surface area contributed by atoms with Gasteiger partial charge in [-0.25, -0.2) is 0 Å². The summed E-state index contributed by atoms with van der Waals surface area (Å²) in [7, 11) is 0. The summed E-state index contributed by atoms with van der Waals surface area (Å²) in [6.45, 7) is 5.32. The Bertz CT molecular complexity index is 987. The molecule has 0 fully saturated rings. The van der Waals surface area contributed by atoms with Crippen LogP contribution in [0.3, 0.4) is 0 Å². The van der Waals surface area contributed by atoms with E-state index in [1.54, 1.807) is 0 Å². The second kappa shape index (κ2) is 40.0. The second-order valence-corrected chi connectivity index (χ2v) is 12.9. The average Bonchev–Trinajstić information content (AvgIpc) is 3.12. The fourth-order valence-corrected chi connectivity index (χ4v) is 4.94. The van der Waals surface area contributed by atoms with E-state index in [4.69, 9.17) is 16.2 Å². The molecule has 0 spiro atoms. The van der Waals surface area contributed by atoms with Gasteiger partial charge in [0.25, 0.3) is 11.8 Å². The smallest absolute Gasteiger partial charge is 0.287 e. The highest BCUT2D eigenvalue weighted by Gasteiger charge is 2.12. The molecule has 0 aliphatic rings. The lowest BCUT2D eigenvalue weighted by atomic mass is 10.1. The van der Waals surface area contributed by atoms with E-state index in [9.17, 15) is 19.2 Å². The van der Waals surface area contributed by atoms with Gasteiger partial charge in [-0.05, 0) is 89.9 Å². The van der Waals surface area contributed by atoms with Crippen molar-refractivity contribution in [3.05, 3.63) is 24.3 Å². The fraction of sp³-hybridized carbons (Fsp3) is 0.750. The molecule has 10 heteroatoms. The van der Waals surface area contributed by atoms with E-state index in [0.29, 0.717) is 44.6 Å². The molecule has 0 aliphatic carbocycles. The second-order valence-electron chi connectivity index (χ2n) is 12.9. The molecule has 0 aromatic rings. The van der Waals surface area contributed by atoms with Crippen LogP contribution >= 0.6 is 0 Å². The molecule has 0 saturated heterocycles. The Morgan fingerprint density at radius 1 is 0.580 bits per heavy atom. The van der Waals surface area contributed by atoms with Gasteiger partial charge >= 0.3 is 0 Å². The molecule has 50 heavy (non-hydrogen) atoms. The van der Waals surface area contributed by atoms with Crippen molar-refractivity contribution in [1.82, 2.24) is 10.6 Å². The molecule has 0 unspecified atom stereocenters. The number of nitrogens with one attached hydrogen (secondary N) is 2. The number of nitrogens with two attached hydrogens (primary N) is 1. The van der Waals surface area contributed by atoms with E-state index >= 15 is 0 Å². The molecule has 0 rings (SSSR count). The van der Waals surface area contributed by atoms with Crippen molar-refractivity contribution in [2.45, 2.75) is 181 Å². The summed E-state index contributed by atoms with van der Waals surface area (Å²) < 4.78 is 0. The summed E-state index contributed by atoms with van der Waals surface area (Å²) >= 11 is 0. The van der Waals surface area contributed by atoms with Crippen molar-refractivity contribution in [2.75, 3.05) is 13.1 Å². The van der Waals surface area contributed by atoms with Gasteiger partial charge in [0, 0.05) is 38.8 Å². The van der Waals surface area contributed by atoms with Crippen molar-refractivity contribution in [2.24, 2.45) is 10.9 Å². The number of rotatable bonds is 33. The minimum absolute atomic E-state index is 0.280. The van der Waals surface area contributed by atoms with E-state index in [1.165, 1.54) is 12.8 Å². The van der Waals surface area contributed by atoms with Gasteiger partial charge in [0.05, 0.1) is 6.07 Å². The number of oxime groups is 1. The first-order chi connectivity index (χ1) is 24.3. The topological polar surface area (TPSA) is 175 Å². The van der Waals surface area contributed by atoms with E-state index in [1.807, 2.05) is 0 Å². The molecular formula is C40H71N5O5. The standard InChI is InChI=1S/C20H37N3O3.C20H34N2O2/c1-2-3-12-15-18(24)20(25)22-17-14-11-9-7-5-4-6-8-10-13-16-19(21)23-26;1-2-3-13-16-19(23)20(24)22-18-15-12-10-8-6-4-5-7-9-11-14-17-21/h5,7,26H,2-4,6,8-17H2,1H3,(H2,21,23)(H,22,25);6,8H,2-5,7,9-16,18H2,1H3,(H,22,24)/b7-5-;8-6-. The minimum Gasteiger partial charge on any atom is -0.409 e. The average molecular weight is 702 g/mol. The fourth-order valence-electron chi connectivity index (χ4n) is 4.94. The number of carbonyl (C=O) groups is 4. The van der Waals surface area contributed by atoms with Gasteiger partial charge in [0.15, 0.2) is 0 Å². The summed E-state index contributed by atoms with van der Waals surface area (Å²) in [6, 6.07) is 2.17. The van der Waals surface area contributed by atoms with Crippen molar-refractivity contribution in [1.29, 1.82) is 5.26 Å². The Hall–Kier alpha value is -3.48. The quantitative estimate of drug-likeness (QED) is 0.0100. The molecule has 0 aliphatic heterocycles. The highest BCUT2D eigenvalue weighted by atomic mass is 16.4. The minimum atomic E-state index is -0.427. The maximum atomic E-state index is 11.6. The summed E-state index contributed by atoms with van der Waals surface area (Å²) in [5.74, 6) is -1.11. The Kier molecular flexibility index (Phi) is 38.9. The van der Waals surface area contributed by atoms with Crippen LogP contribution < -0.4 is 16.4 Å². The monoisotopic (exact) mass is 702 g/mol. The largest absolute Gasteiger partial charge is 0.409 e. The van der Waals surface area contributed by atoms with Gasteiger partial charge in [-0.1, -0.05) is 94.7 Å². The van der Waals surface area contributed by atoms with Crippen LogP contribution in [0.1, 0.15) is 181 Å². The zero-order valence-corrected chi connectivity index (χ0v) is 31.7. The van der Waals surface area contributed by atoms with Crippen LogP contribution in [0.4, 0.5) is 0 Å². The van der Waals surface area contributed by atoms with Crippen LogP contribution in [0, 0.1) is 11.3 Å². The van der Waals surface area contributed by atoms with Crippen LogP contribution in [0.5, 0.6) is 0 Å². The molecule has 0 aromatic carbocycles. The van der Waals surface area contributed by atoms with Crippen molar-refractivity contribution >= 4 is 29.2 Å². The molecule has 286 valence electrons. The predicted molar refractivity (Wildman–Crippen MR) is 205 cm³/mol. The highest BCUT2D eigenvalue weighted by molar-refractivity contribution is 6.36. The molecule has 0 bridgehead atoms. The number of unbranched alkanes of at least 4 members (excludes halogenated alkanes) is 17. The summed E-state index contributed by atoms with van der Waals surface area (Å²) in [4.78, 5) is 46.2. The third-order valence-electron chi connectivity index (χ3n) is 8.11. The lowest BCUT2D eigenvalue weighted by Gasteiger charge is -2.03. The van der Waals surface area contributed by atoms with Crippen LogP contribution in [0.25, 0.3) is 0 Å². The van der Waals surface area contributed by atoms with Gasteiger partial charge < -0.3 is 21.6 Å². The van der Waals surface area contributed by atoms with Crippen molar-refractivity contribution in [3.63, 3.8) is 0 Å². The zero-order valence-electron chi connectivity index (χ0n) is 31.7. The Morgan fingerprint density at radius 2 is 0.960 bits per heavy atom. The van der Waals surface area contributed by atoms with Gasteiger partial charge in [-0.3, -0.25) is 19.2 Å². The first-order valence-corrected chi connectivity index (χ1v) is 19.6. The van der Waals surface area contributed by atoms with Crippen LogP contribution in [-0.2, 0) is 19.2 Å². The molecule has 0 atom stereocenters. The predicted octanol–water partition coefficient (Wildman–Crippen LogP) is 8.91. The summed E-state index contributed by atoms with van der Waals surface area (Å²) in [5.41, 5.74) is 5.41. The van der Waals surface area contributed by atoms with Gasteiger partial charge in [0.1, 0.15) is 5.84 Å². The molecular weight excluding hydrogens is 630 g/mol. The number of amidine groups is 1. The lowest BCUT2D eigenvalue weighted by molar-refractivity contribution is -0.138. The van der Waals surface area contributed by atoms with E-state index in [0.717, 1.165) is 128 Å². The number of carbonyl (C=O) groups excluding carboxylic acids is 4. The Balaban J connectivity index is 0. The van der Waals surface area contributed by atoms with Crippen LogP contribution in [-0.4, -0.2) is 47.5 Å². The molecule has 0 saturated carbocycles. The van der Waals surface area contributed by atoms with Gasteiger partial charge in [-0.15, -0.1) is 0 Å². The highest BCUT2D eigenvalue weighted by Crippen LogP contribution is 2.08. The Labute approximate surface area is 304 Å². The molecule has 0 heterocycles. The number of nitrogens with zero attached hydrogens (tertiary/aromatic N) is 2. The van der Waals surface area contributed by atoms with Crippen molar-refractivity contribution in [3.8, 4) is 6.07 Å². The van der Waals surface area contributed by atoms with Gasteiger partial charge in [-0.2, -0.15) is 5.26 Å². The van der Waals surface area contributed by atoms with Crippen LogP contribution in [0.15, 0.2) is 29.5 Å². The maximum Gasteiger partial charge on any atom is 0.287 e. The van der Waals surface area contributed by atoms with Crippen LogP contribution in [0.2, 0.25) is 0 Å². The van der Waals surface area contributed by atoms with Crippen molar-refractivity contribution < 1.29 is 24.4 Å². The molecule has 10 nitrogen and oxygen atoms in total. The molecule has 2 amide bonds. The Morgan fingerprint density at radius 3 is 1.36 bits per heavy atom. The molecule has 0 aromatic heterocycles.